The number of benzene rings is 1. The molecule has 4 rings (SSSR count). The lowest BCUT2D eigenvalue weighted by Crippen LogP contribution is -2.41. The molecule has 29 heavy (non-hydrogen) atoms. The van der Waals surface area contributed by atoms with E-state index in [-0.39, 0.29) is 22.8 Å². The SMILES string of the molecule is NC(=O)N1CCn2nc(NC(=O)C3CCOCC3c3ccc(F)c(Cl)c3)cc2C1. The van der Waals surface area contributed by atoms with Gasteiger partial charge in [-0.2, -0.15) is 5.10 Å². The van der Waals surface area contributed by atoms with Gasteiger partial charge >= 0.3 is 6.03 Å². The molecule has 1 saturated heterocycles. The average Bonchev–Trinajstić information content (AvgIpc) is 3.11. The van der Waals surface area contributed by atoms with E-state index in [1.54, 1.807) is 22.9 Å². The molecule has 0 spiro atoms. The topological polar surface area (TPSA) is 102 Å². The van der Waals surface area contributed by atoms with Crippen molar-refractivity contribution in [3.05, 3.63) is 46.4 Å². The highest BCUT2D eigenvalue weighted by molar-refractivity contribution is 6.30. The number of nitrogens with two attached hydrogens (primary N) is 1. The fraction of sp³-hybridized carbons (Fsp3) is 0.421. The van der Waals surface area contributed by atoms with Gasteiger partial charge in [-0.25, -0.2) is 9.18 Å². The quantitative estimate of drug-likeness (QED) is 0.793. The lowest BCUT2D eigenvalue weighted by molar-refractivity contribution is -0.123. The Morgan fingerprint density at radius 3 is 2.90 bits per heavy atom. The summed E-state index contributed by atoms with van der Waals surface area (Å²) in [6.45, 7) is 2.17. The van der Waals surface area contributed by atoms with Crippen molar-refractivity contribution in [2.75, 3.05) is 25.1 Å². The smallest absolute Gasteiger partial charge is 0.315 e. The van der Waals surface area contributed by atoms with Gasteiger partial charge in [0.2, 0.25) is 5.91 Å². The molecule has 154 valence electrons. The highest BCUT2D eigenvalue weighted by atomic mass is 35.5. The number of amides is 3. The number of halogens is 2. The zero-order valence-corrected chi connectivity index (χ0v) is 16.4. The maximum atomic E-state index is 13.5. The molecule has 1 aromatic heterocycles. The van der Waals surface area contributed by atoms with Crippen LogP contribution in [0, 0.1) is 11.7 Å². The Balaban J connectivity index is 1.50. The molecule has 2 unspecified atom stereocenters. The van der Waals surface area contributed by atoms with Crippen LogP contribution in [0.1, 0.15) is 23.6 Å². The van der Waals surface area contributed by atoms with Gasteiger partial charge in [-0.1, -0.05) is 17.7 Å². The number of carbonyl (C=O) groups excluding carboxylic acids is 2. The van der Waals surface area contributed by atoms with Crippen molar-refractivity contribution in [1.82, 2.24) is 14.7 Å². The van der Waals surface area contributed by atoms with E-state index in [2.05, 4.69) is 10.4 Å². The van der Waals surface area contributed by atoms with Crippen LogP contribution >= 0.6 is 11.6 Å². The molecule has 3 amide bonds. The van der Waals surface area contributed by atoms with E-state index >= 15 is 0 Å². The molecule has 0 aliphatic carbocycles. The normalized spacial score (nSPS) is 21.5. The molecule has 2 aromatic rings. The summed E-state index contributed by atoms with van der Waals surface area (Å²) in [6, 6.07) is 5.75. The third-order valence-electron chi connectivity index (χ3n) is 5.43. The number of ether oxygens (including phenoxy) is 1. The molecule has 2 aliphatic heterocycles. The minimum absolute atomic E-state index is 0.0213. The lowest BCUT2D eigenvalue weighted by Gasteiger charge is -2.30. The molecule has 2 atom stereocenters. The molecule has 2 aliphatic rings. The largest absolute Gasteiger partial charge is 0.381 e. The Morgan fingerprint density at radius 2 is 2.14 bits per heavy atom. The fourth-order valence-corrected chi connectivity index (χ4v) is 4.05. The highest BCUT2D eigenvalue weighted by Gasteiger charge is 2.33. The Morgan fingerprint density at radius 1 is 1.31 bits per heavy atom. The predicted octanol–water partition coefficient (Wildman–Crippen LogP) is 2.33. The second kappa shape index (κ2) is 8.00. The maximum absolute atomic E-state index is 13.5. The molecular weight excluding hydrogens is 401 g/mol. The van der Waals surface area contributed by atoms with Gasteiger partial charge in [0.05, 0.1) is 30.4 Å². The first-order valence-corrected chi connectivity index (χ1v) is 9.75. The number of primary amides is 1. The Kier molecular flexibility index (Phi) is 5.42. The van der Waals surface area contributed by atoms with Gasteiger partial charge in [0, 0.05) is 31.1 Å². The monoisotopic (exact) mass is 421 g/mol. The molecular formula is C19H21ClFN5O3. The van der Waals surface area contributed by atoms with Gasteiger partial charge in [-0.05, 0) is 24.1 Å². The van der Waals surface area contributed by atoms with Crippen molar-refractivity contribution in [1.29, 1.82) is 0 Å². The van der Waals surface area contributed by atoms with Crippen LogP contribution in [0.3, 0.4) is 0 Å². The third-order valence-corrected chi connectivity index (χ3v) is 5.72. The van der Waals surface area contributed by atoms with Crippen LogP contribution in [0.5, 0.6) is 0 Å². The predicted molar refractivity (Wildman–Crippen MR) is 104 cm³/mol. The van der Waals surface area contributed by atoms with Gasteiger partial charge in [0.15, 0.2) is 5.82 Å². The lowest BCUT2D eigenvalue weighted by atomic mass is 9.82. The van der Waals surface area contributed by atoms with E-state index in [1.807, 2.05) is 0 Å². The van der Waals surface area contributed by atoms with E-state index in [0.717, 1.165) is 11.3 Å². The van der Waals surface area contributed by atoms with Crippen LogP contribution in [0.4, 0.5) is 15.0 Å². The van der Waals surface area contributed by atoms with Crippen molar-refractivity contribution >= 4 is 29.4 Å². The Labute approximate surface area is 171 Å². The van der Waals surface area contributed by atoms with Crippen LogP contribution in [-0.4, -0.2) is 46.4 Å². The van der Waals surface area contributed by atoms with E-state index in [9.17, 15) is 14.0 Å². The molecule has 0 radical (unpaired) electrons. The first-order valence-electron chi connectivity index (χ1n) is 9.37. The number of hydrogen-bond donors (Lipinski definition) is 2. The van der Waals surface area contributed by atoms with Crippen LogP contribution in [0.15, 0.2) is 24.3 Å². The van der Waals surface area contributed by atoms with E-state index in [4.69, 9.17) is 22.1 Å². The minimum Gasteiger partial charge on any atom is -0.381 e. The van der Waals surface area contributed by atoms with Gasteiger partial charge in [-0.3, -0.25) is 9.48 Å². The summed E-state index contributed by atoms with van der Waals surface area (Å²) in [6.07, 6.45) is 0.536. The first-order chi connectivity index (χ1) is 13.9. The molecule has 0 bridgehead atoms. The van der Waals surface area contributed by atoms with Crippen molar-refractivity contribution in [2.24, 2.45) is 11.7 Å². The molecule has 3 heterocycles. The number of nitrogens with one attached hydrogen (secondary N) is 1. The summed E-state index contributed by atoms with van der Waals surface area (Å²) in [5.41, 5.74) is 6.91. The standard InChI is InChI=1S/C19H21ClFN5O3/c20-15-7-11(1-2-16(15)21)14-10-29-6-3-13(14)18(27)23-17-8-12-9-25(19(22)28)4-5-26(12)24-17/h1-2,7-8,13-14H,3-6,9-10H2,(H2,22,28)(H,23,24,27). The number of rotatable bonds is 3. The van der Waals surface area contributed by atoms with Gasteiger partial charge in [0.1, 0.15) is 5.82 Å². The van der Waals surface area contributed by atoms with E-state index in [0.29, 0.717) is 45.1 Å². The van der Waals surface area contributed by atoms with E-state index < -0.39 is 11.8 Å². The molecule has 1 aromatic carbocycles. The van der Waals surface area contributed by atoms with Crippen molar-refractivity contribution in [3.63, 3.8) is 0 Å². The van der Waals surface area contributed by atoms with Gasteiger partial charge in [0.25, 0.3) is 0 Å². The second-order valence-corrected chi connectivity index (χ2v) is 7.65. The van der Waals surface area contributed by atoms with Crippen molar-refractivity contribution < 1.29 is 18.7 Å². The molecule has 0 saturated carbocycles. The summed E-state index contributed by atoms with van der Waals surface area (Å²) < 4.78 is 20.8. The van der Waals surface area contributed by atoms with Crippen LogP contribution in [0.25, 0.3) is 0 Å². The van der Waals surface area contributed by atoms with E-state index in [1.165, 1.54) is 11.0 Å². The summed E-state index contributed by atoms with van der Waals surface area (Å²) in [5, 5.41) is 7.30. The van der Waals surface area contributed by atoms with Crippen molar-refractivity contribution in [3.8, 4) is 0 Å². The number of hydrogen-bond acceptors (Lipinski definition) is 4. The molecule has 8 nitrogen and oxygen atoms in total. The molecule has 10 heteroatoms. The maximum Gasteiger partial charge on any atom is 0.315 e. The third kappa shape index (κ3) is 4.06. The van der Waals surface area contributed by atoms with Gasteiger partial charge in [-0.15, -0.1) is 0 Å². The summed E-state index contributed by atoms with van der Waals surface area (Å²) >= 11 is 5.92. The second-order valence-electron chi connectivity index (χ2n) is 7.24. The number of anilines is 1. The first kappa shape index (κ1) is 19.7. The average molecular weight is 422 g/mol. The van der Waals surface area contributed by atoms with Gasteiger partial charge < -0.3 is 20.7 Å². The number of aromatic nitrogens is 2. The number of fused-ring (bicyclic) bond motifs is 1. The number of nitrogens with zero attached hydrogens (tertiary/aromatic N) is 3. The van der Waals surface area contributed by atoms with Crippen LogP contribution in [-0.2, 0) is 22.6 Å². The van der Waals surface area contributed by atoms with Crippen LogP contribution in [0.2, 0.25) is 5.02 Å². The van der Waals surface area contributed by atoms with Crippen molar-refractivity contribution in [2.45, 2.75) is 25.4 Å². The number of carbonyl (C=O) groups is 2. The Hall–Kier alpha value is -2.65. The zero-order chi connectivity index (χ0) is 20.5. The minimum atomic E-state index is -0.498. The summed E-state index contributed by atoms with van der Waals surface area (Å²) in [7, 11) is 0. The molecule has 3 N–H and O–H groups in total. The Bertz CT molecular complexity index is 950. The summed E-state index contributed by atoms with van der Waals surface area (Å²) in [4.78, 5) is 25.9. The number of urea groups is 1. The highest BCUT2D eigenvalue weighted by Crippen LogP contribution is 2.34. The fourth-order valence-electron chi connectivity index (χ4n) is 3.86. The van der Waals surface area contributed by atoms with Crippen LogP contribution < -0.4 is 11.1 Å². The zero-order valence-electron chi connectivity index (χ0n) is 15.6. The molecule has 1 fully saturated rings. The summed E-state index contributed by atoms with van der Waals surface area (Å²) in [5.74, 6) is -0.836.